The Bertz CT molecular complexity index is 1230. The molecule has 5 aliphatic rings. The molecule has 5 heteroatoms. The second-order valence-electron chi connectivity index (χ2n) is 17.3. The molecule has 5 rings (SSSR count). The molecule has 0 amide bonds. The third-order valence-electron chi connectivity index (χ3n) is 13.3. The fourth-order valence-electron chi connectivity index (χ4n) is 9.84. The SMILES string of the molecule is CCCCCC(CCCCC(=O)CC1=CC=C(C(F)(F)CC)CC1)CC1CCCC(CCCC2=CC3=C(CC2)C2N[N+]2(C)CCC3C)CC1. The number of carbonyl (C=O) groups is 1. The van der Waals surface area contributed by atoms with Crippen LogP contribution >= 0.6 is 0 Å². The summed E-state index contributed by atoms with van der Waals surface area (Å²) in [5, 5.41) is 0. The summed E-state index contributed by atoms with van der Waals surface area (Å²) in [5.74, 6) is 0.898. The van der Waals surface area contributed by atoms with Crippen LogP contribution in [0, 0.1) is 23.7 Å². The minimum atomic E-state index is -2.71. The van der Waals surface area contributed by atoms with Gasteiger partial charge in [-0.2, -0.15) is 0 Å². The molecule has 49 heavy (non-hydrogen) atoms. The van der Waals surface area contributed by atoms with E-state index < -0.39 is 5.92 Å². The number of ketones is 1. The lowest BCUT2D eigenvalue weighted by Crippen LogP contribution is -2.27. The van der Waals surface area contributed by atoms with Gasteiger partial charge in [-0.15, -0.1) is 5.43 Å². The Labute approximate surface area is 299 Å². The van der Waals surface area contributed by atoms with Gasteiger partial charge in [-0.3, -0.25) is 4.79 Å². The predicted octanol–water partition coefficient (Wildman–Crippen LogP) is 12.5. The van der Waals surface area contributed by atoms with E-state index in [2.05, 4.69) is 32.4 Å². The van der Waals surface area contributed by atoms with E-state index in [1.165, 1.54) is 123 Å². The zero-order chi connectivity index (χ0) is 34.9. The topological polar surface area (TPSA) is 39.0 Å². The summed E-state index contributed by atoms with van der Waals surface area (Å²) in [5.41, 5.74) is 10.1. The van der Waals surface area contributed by atoms with Crippen LogP contribution in [0.15, 0.2) is 46.1 Å². The standard InChI is InChI=1S/C44H71F2N2O/c1-5-7-8-13-35(14-9-10-19-40(49)31-38-22-25-39(26-23-38)44(45,46)6-2)30-36-17-11-15-34(20-21-36)16-12-18-37-24-27-41-42(32-37)33(3)28-29-48(4)43(41)47-48/h22,25,32-36,43,47H,5-21,23-24,26-31H2,1-4H3/q+1. The van der Waals surface area contributed by atoms with Crippen LogP contribution in [-0.4, -0.2) is 36.1 Å². The summed E-state index contributed by atoms with van der Waals surface area (Å²) in [6, 6.07) is 0. The van der Waals surface area contributed by atoms with Crippen LogP contribution in [0.25, 0.3) is 0 Å². The van der Waals surface area contributed by atoms with Crippen molar-refractivity contribution in [3.63, 3.8) is 0 Å². The molecule has 276 valence electrons. The Hall–Kier alpha value is -1.59. The van der Waals surface area contributed by atoms with Gasteiger partial charge in [0.05, 0.1) is 13.6 Å². The molecule has 2 heterocycles. The molecule has 0 radical (unpaired) electrons. The molecule has 1 saturated carbocycles. The van der Waals surface area contributed by atoms with Gasteiger partial charge in [0.1, 0.15) is 5.78 Å². The number of Topliss-reactive ketones (excluding diaryl/α,β-unsaturated/α-hetero) is 1. The van der Waals surface area contributed by atoms with Gasteiger partial charge in [0.2, 0.25) is 6.17 Å². The molecule has 6 atom stereocenters. The summed E-state index contributed by atoms with van der Waals surface area (Å²) in [7, 11) is 2.37. The first-order valence-electron chi connectivity index (χ1n) is 20.9. The third-order valence-corrected chi connectivity index (χ3v) is 13.3. The predicted molar refractivity (Wildman–Crippen MR) is 201 cm³/mol. The monoisotopic (exact) mass is 682 g/mol. The molecule has 0 bridgehead atoms. The summed E-state index contributed by atoms with van der Waals surface area (Å²) < 4.78 is 29.1. The van der Waals surface area contributed by atoms with Crippen LogP contribution in [0.2, 0.25) is 0 Å². The van der Waals surface area contributed by atoms with Gasteiger partial charge in [0.15, 0.2) is 0 Å². The number of carbonyl (C=O) groups excluding carboxylic acids is 1. The first kappa shape index (κ1) is 38.6. The molecule has 0 aromatic rings. The smallest absolute Gasteiger partial charge is 0.269 e. The summed E-state index contributed by atoms with van der Waals surface area (Å²) in [6.07, 6.45) is 33.7. The number of nitrogens with one attached hydrogen (secondary N) is 1. The van der Waals surface area contributed by atoms with Gasteiger partial charge in [0.25, 0.3) is 5.92 Å². The van der Waals surface area contributed by atoms with Crippen LogP contribution in [-0.2, 0) is 4.79 Å². The van der Waals surface area contributed by atoms with Gasteiger partial charge in [0, 0.05) is 31.3 Å². The second-order valence-corrected chi connectivity index (χ2v) is 17.3. The van der Waals surface area contributed by atoms with Crippen molar-refractivity contribution in [3.8, 4) is 0 Å². The van der Waals surface area contributed by atoms with E-state index in [-0.39, 0.29) is 17.8 Å². The summed E-state index contributed by atoms with van der Waals surface area (Å²) >= 11 is 0. The fraction of sp³-hybridized carbons (Fsp3) is 0.795. The Morgan fingerprint density at radius 3 is 2.43 bits per heavy atom. The van der Waals surface area contributed by atoms with Crippen molar-refractivity contribution in [2.24, 2.45) is 23.7 Å². The van der Waals surface area contributed by atoms with E-state index in [1.54, 1.807) is 28.9 Å². The summed E-state index contributed by atoms with van der Waals surface area (Å²) in [4.78, 5) is 12.7. The number of alkyl halides is 2. The number of unbranched alkanes of at least 4 members (excludes halogenated alkanes) is 3. The highest BCUT2D eigenvalue weighted by Gasteiger charge is 2.55. The lowest BCUT2D eigenvalue weighted by molar-refractivity contribution is -0.813. The normalized spacial score (nSPS) is 29.6. The number of allylic oxidation sites excluding steroid dienone is 7. The Morgan fingerprint density at radius 1 is 0.918 bits per heavy atom. The van der Waals surface area contributed by atoms with Crippen LogP contribution in [0.4, 0.5) is 8.78 Å². The van der Waals surface area contributed by atoms with Crippen molar-refractivity contribution >= 4 is 5.78 Å². The molecule has 1 saturated heterocycles. The van der Waals surface area contributed by atoms with Crippen molar-refractivity contribution in [3.05, 3.63) is 46.1 Å². The van der Waals surface area contributed by atoms with Gasteiger partial charge in [-0.05, 0) is 86.2 Å². The fourth-order valence-corrected chi connectivity index (χ4v) is 9.84. The van der Waals surface area contributed by atoms with Crippen molar-refractivity contribution in [1.82, 2.24) is 5.43 Å². The second kappa shape index (κ2) is 18.3. The average molecular weight is 682 g/mol. The molecule has 2 fully saturated rings. The molecule has 6 unspecified atom stereocenters. The van der Waals surface area contributed by atoms with E-state index in [4.69, 9.17) is 0 Å². The van der Waals surface area contributed by atoms with Crippen molar-refractivity contribution in [2.75, 3.05) is 13.6 Å². The number of likely N-dealkylation sites (N-methyl/N-ethyl adjacent to an activating group) is 1. The molecule has 2 aliphatic heterocycles. The Kier molecular flexibility index (Phi) is 14.4. The maximum Gasteiger partial charge on any atom is 0.269 e. The maximum absolute atomic E-state index is 14.0. The minimum Gasteiger partial charge on any atom is -0.299 e. The average Bonchev–Trinajstić information content (AvgIpc) is 3.84. The van der Waals surface area contributed by atoms with Crippen LogP contribution in [0.3, 0.4) is 0 Å². The Morgan fingerprint density at radius 2 is 1.67 bits per heavy atom. The van der Waals surface area contributed by atoms with Crippen LogP contribution in [0.5, 0.6) is 0 Å². The zero-order valence-electron chi connectivity index (χ0n) is 31.9. The van der Waals surface area contributed by atoms with Crippen molar-refractivity contribution in [2.45, 2.75) is 187 Å². The minimum absolute atomic E-state index is 0.155. The quantitative estimate of drug-likeness (QED) is 0.0638. The molecule has 3 nitrogen and oxygen atoms in total. The molecule has 3 aliphatic carbocycles. The molecule has 0 aromatic heterocycles. The van der Waals surface area contributed by atoms with Gasteiger partial charge in [-0.1, -0.05) is 127 Å². The van der Waals surface area contributed by atoms with Crippen molar-refractivity contribution < 1.29 is 18.2 Å². The molecular weight excluding hydrogens is 610 g/mol. The molecule has 0 aromatic carbocycles. The zero-order valence-corrected chi connectivity index (χ0v) is 31.9. The van der Waals surface area contributed by atoms with E-state index in [1.807, 2.05) is 0 Å². The lowest BCUT2D eigenvalue weighted by Gasteiger charge is -2.23. The molecule has 1 N–H and O–H groups in total. The number of rotatable bonds is 19. The number of halogens is 2. The lowest BCUT2D eigenvalue weighted by atomic mass is 9.82. The van der Waals surface area contributed by atoms with Crippen LogP contribution < -0.4 is 5.43 Å². The van der Waals surface area contributed by atoms with Crippen molar-refractivity contribution in [1.29, 1.82) is 0 Å². The van der Waals surface area contributed by atoms with Gasteiger partial charge in [-0.25, -0.2) is 13.4 Å². The number of hydrogen-bond donors (Lipinski definition) is 1. The maximum atomic E-state index is 14.0. The largest absolute Gasteiger partial charge is 0.299 e. The highest BCUT2D eigenvalue weighted by Crippen LogP contribution is 2.44. The third kappa shape index (κ3) is 11.2. The van der Waals surface area contributed by atoms with E-state index in [9.17, 15) is 13.6 Å². The number of nitrogens with zero attached hydrogens (tertiary/aromatic N) is 1. The van der Waals surface area contributed by atoms with E-state index in [0.29, 0.717) is 37.8 Å². The van der Waals surface area contributed by atoms with Gasteiger partial charge >= 0.3 is 0 Å². The van der Waals surface area contributed by atoms with Crippen LogP contribution in [0.1, 0.15) is 175 Å². The molecular formula is C44H71F2N2O+. The molecule has 0 spiro atoms. The highest BCUT2D eigenvalue weighted by atomic mass is 19.3. The number of fused-ring (bicyclic) bond motifs is 2. The number of hydrogen-bond acceptors (Lipinski definition) is 2. The first-order valence-corrected chi connectivity index (χ1v) is 20.9. The number of quaternary nitrogens is 1. The highest BCUT2D eigenvalue weighted by molar-refractivity contribution is 5.80. The first-order chi connectivity index (χ1) is 23.6. The summed E-state index contributed by atoms with van der Waals surface area (Å²) in [6.45, 7) is 7.55. The van der Waals surface area contributed by atoms with E-state index in [0.717, 1.165) is 40.8 Å². The van der Waals surface area contributed by atoms with Gasteiger partial charge < -0.3 is 0 Å². The van der Waals surface area contributed by atoms with E-state index >= 15 is 0 Å². The Balaban J connectivity index is 1.00.